The molecule has 25 heavy (non-hydrogen) atoms. The molecule has 132 valence electrons. The third-order valence-electron chi connectivity index (χ3n) is 3.22. The molecule has 0 bridgehead atoms. The predicted molar refractivity (Wildman–Crippen MR) is 92.9 cm³/mol. The standard InChI is InChI=1S/C17H14Cl2FNO4/c1-9(16(22)21-14-5-4-11(20)8-13(14)19)25-17(23)12-7-10(18)3-6-15(12)24-2/h3-9H,1-2H3,(H,21,22)/t9-/m1/s1. The molecule has 0 radical (unpaired) electrons. The zero-order valence-corrected chi connectivity index (χ0v) is 14.8. The molecule has 8 heteroatoms. The van der Waals surface area contributed by atoms with E-state index < -0.39 is 23.8 Å². The number of methoxy groups -OCH3 is 1. The molecule has 0 unspecified atom stereocenters. The van der Waals surface area contributed by atoms with Crippen molar-refractivity contribution in [2.45, 2.75) is 13.0 Å². The highest BCUT2D eigenvalue weighted by Gasteiger charge is 2.22. The van der Waals surface area contributed by atoms with Crippen LogP contribution in [-0.4, -0.2) is 25.1 Å². The van der Waals surface area contributed by atoms with Gasteiger partial charge in [-0.1, -0.05) is 23.2 Å². The smallest absolute Gasteiger partial charge is 0.342 e. The maximum absolute atomic E-state index is 13.0. The van der Waals surface area contributed by atoms with Crippen LogP contribution in [0.25, 0.3) is 0 Å². The zero-order chi connectivity index (χ0) is 18.6. The normalized spacial score (nSPS) is 11.6. The minimum atomic E-state index is -1.13. The largest absolute Gasteiger partial charge is 0.496 e. The van der Waals surface area contributed by atoms with E-state index in [2.05, 4.69) is 5.32 Å². The number of benzene rings is 2. The van der Waals surface area contributed by atoms with E-state index in [1.54, 1.807) is 6.07 Å². The SMILES string of the molecule is COc1ccc(Cl)cc1C(=O)O[C@H](C)C(=O)Nc1ccc(F)cc1Cl. The number of esters is 1. The summed E-state index contributed by atoms with van der Waals surface area (Å²) < 4.78 is 23.2. The number of anilines is 1. The van der Waals surface area contributed by atoms with Crippen LogP contribution in [-0.2, 0) is 9.53 Å². The summed E-state index contributed by atoms with van der Waals surface area (Å²) in [5.41, 5.74) is 0.297. The summed E-state index contributed by atoms with van der Waals surface area (Å²) >= 11 is 11.7. The van der Waals surface area contributed by atoms with E-state index in [1.165, 1.54) is 32.2 Å². The lowest BCUT2D eigenvalue weighted by Crippen LogP contribution is -2.30. The van der Waals surface area contributed by atoms with Gasteiger partial charge < -0.3 is 14.8 Å². The molecule has 5 nitrogen and oxygen atoms in total. The van der Waals surface area contributed by atoms with Gasteiger partial charge in [-0.25, -0.2) is 9.18 Å². The summed E-state index contributed by atoms with van der Waals surface area (Å²) in [5, 5.41) is 2.82. The van der Waals surface area contributed by atoms with Crippen molar-refractivity contribution in [3.63, 3.8) is 0 Å². The lowest BCUT2D eigenvalue weighted by Gasteiger charge is -2.15. The molecule has 0 saturated heterocycles. The summed E-state index contributed by atoms with van der Waals surface area (Å²) in [6.45, 7) is 1.39. The van der Waals surface area contributed by atoms with Gasteiger partial charge in [-0.05, 0) is 43.3 Å². The van der Waals surface area contributed by atoms with E-state index in [0.717, 1.165) is 12.1 Å². The number of carbonyl (C=O) groups is 2. The third-order valence-corrected chi connectivity index (χ3v) is 3.77. The summed E-state index contributed by atoms with van der Waals surface area (Å²) in [4.78, 5) is 24.4. The molecule has 0 aromatic heterocycles. The van der Waals surface area contributed by atoms with E-state index in [1.807, 2.05) is 0 Å². The Hall–Kier alpha value is -2.31. The molecule has 1 atom stereocenters. The Morgan fingerprint density at radius 2 is 1.88 bits per heavy atom. The van der Waals surface area contributed by atoms with Crippen LogP contribution >= 0.6 is 23.2 Å². The van der Waals surface area contributed by atoms with Crippen LogP contribution in [0.15, 0.2) is 36.4 Å². The van der Waals surface area contributed by atoms with Crippen LogP contribution in [0.2, 0.25) is 10.0 Å². The number of hydrogen-bond acceptors (Lipinski definition) is 4. The Labute approximate surface area is 153 Å². The molecule has 1 amide bonds. The van der Waals surface area contributed by atoms with Gasteiger partial charge in [0.05, 0.1) is 17.8 Å². The van der Waals surface area contributed by atoms with E-state index in [-0.39, 0.29) is 22.0 Å². The van der Waals surface area contributed by atoms with Gasteiger partial charge in [-0.15, -0.1) is 0 Å². The van der Waals surface area contributed by atoms with Gasteiger partial charge in [0.2, 0.25) is 0 Å². The molecule has 0 saturated carbocycles. The number of halogens is 3. The molecule has 1 N–H and O–H groups in total. The van der Waals surface area contributed by atoms with E-state index in [4.69, 9.17) is 32.7 Å². The molecule has 2 rings (SSSR count). The first-order valence-electron chi connectivity index (χ1n) is 7.12. The predicted octanol–water partition coefficient (Wildman–Crippen LogP) is 4.33. The Kier molecular flexibility index (Phi) is 6.22. The van der Waals surface area contributed by atoms with Gasteiger partial charge in [-0.3, -0.25) is 4.79 Å². The lowest BCUT2D eigenvalue weighted by atomic mass is 10.2. The van der Waals surface area contributed by atoms with Crippen molar-refractivity contribution in [3.8, 4) is 5.75 Å². The second-order valence-corrected chi connectivity index (χ2v) is 5.85. The fourth-order valence-corrected chi connectivity index (χ4v) is 2.33. The fraction of sp³-hybridized carbons (Fsp3) is 0.176. The fourth-order valence-electron chi connectivity index (χ4n) is 1.94. The maximum Gasteiger partial charge on any atom is 0.342 e. The quantitative estimate of drug-likeness (QED) is 0.778. The first kappa shape index (κ1) is 19.0. The van der Waals surface area contributed by atoms with Crippen LogP contribution in [0.5, 0.6) is 5.75 Å². The summed E-state index contributed by atoms with van der Waals surface area (Å²) in [6.07, 6.45) is -1.13. The molecule has 0 fully saturated rings. The Morgan fingerprint density at radius 1 is 1.16 bits per heavy atom. The van der Waals surface area contributed by atoms with Crippen molar-refractivity contribution in [3.05, 3.63) is 57.8 Å². The number of ether oxygens (including phenoxy) is 2. The van der Waals surface area contributed by atoms with Gasteiger partial charge in [0.1, 0.15) is 17.1 Å². The van der Waals surface area contributed by atoms with Crippen LogP contribution in [0.3, 0.4) is 0 Å². The topological polar surface area (TPSA) is 64.6 Å². The highest BCUT2D eigenvalue weighted by Crippen LogP contribution is 2.25. The van der Waals surface area contributed by atoms with E-state index in [0.29, 0.717) is 5.02 Å². The van der Waals surface area contributed by atoms with Gasteiger partial charge >= 0.3 is 5.97 Å². The van der Waals surface area contributed by atoms with Crippen molar-refractivity contribution in [1.82, 2.24) is 0 Å². The number of rotatable bonds is 5. The average Bonchev–Trinajstić information content (AvgIpc) is 2.57. The summed E-state index contributed by atoms with van der Waals surface area (Å²) in [7, 11) is 1.40. The second kappa shape index (κ2) is 8.18. The molecular weight excluding hydrogens is 372 g/mol. The average molecular weight is 386 g/mol. The number of hydrogen-bond donors (Lipinski definition) is 1. The molecule has 2 aromatic rings. The van der Waals surface area contributed by atoms with Crippen molar-refractivity contribution < 1.29 is 23.5 Å². The highest BCUT2D eigenvalue weighted by atomic mass is 35.5. The molecule has 0 aliphatic heterocycles. The van der Waals surface area contributed by atoms with Gasteiger partial charge in [0.15, 0.2) is 6.10 Å². The lowest BCUT2D eigenvalue weighted by molar-refractivity contribution is -0.123. The monoisotopic (exact) mass is 385 g/mol. The number of amides is 1. The minimum Gasteiger partial charge on any atom is -0.496 e. The van der Waals surface area contributed by atoms with Crippen LogP contribution in [0.4, 0.5) is 10.1 Å². The molecule has 0 aliphatic rings. The molecule has 0 heterocycles. The first-order valence-corrected chi connectivity index (χ1v) is 7.88. The van der Waals surface area contributed by atoms with Gasteiger partial charge in [0.25, 0.3) is 5.91 Å². The molecule has 2 aromatic carbocycles. The van der Waals surface area contributed by atoms with Crippen molar-refractivity contribution >= 4 is 40.8 Å². The zero-order valence-electron chi connectivity index (χ0n) is 13.3. The minimum absolute atomic E-state index is 0.0309. The molecular formula is C17H14Cl2FNO4. The van der Waals surface area contributed by atoms with Gasteiger partial charge in [-0.2, -0.15) is 0 Å². The van der Waals surface area contributed by atoms with Crippen LogP contribution in [0, 0.1) is 5.82 Å². The molecule has 0 spiro atoms. The Morgan fingerprint density at radius 3 is 2.52 bits per heavy atom. The highest BCUT2D eigenvalue weighted by molar-refractivity contribution is 6.33. The van der Waals surface area contributed by atoms with Crippen LogP contribution in [0.1, 0.15) is 17.3 Å². The Bertz CT molecular complexity index is 813. The summed E-state index contributed by atoms with van der Waals surface area (Å²) in [5.74, 6) is -1.66. The third kappa shape index (κ3) is 4.84. The van der Waals surface area contributed by atoms with Gasteiger partial charge in [0, 0.05) is 5.02 Å². The second-order valence-electron chi connectivity index (χ2n) is 5.01. The van der Waals surface area contributed by atoms with Crippen LogP contribution < -0.4 is 10.1 Å². The Balaban J connectivity index is 2.08. The van der Waals surface area contributed by atoms with E-state index in [9.17, 15) is 14.0 Å². The summed E-state index contributed by atoms with van der Waals surface area (Å²) in [6, 6.07) is 7.97. The van der Waals surface area contributed by atoms with E-state index >= 15 is 0 Å². The first-order chi connectivity index (χ1) is 11.8. The van der Waals surface area contributed by atoms with Crippen molar-refractivity contribution in [1.29, 1.82) is 0 Å². The number of nitrogens with one attached hydrogen (secondary N) is 1. The van der Waals surface area contributed by atoms with Crippen molar-refractivity contribution in [2.75, 3.05) is 12.4 Å². The maximum atomic E-state index is 13.0. The number of carbonyl (C=O) groups excluding carboxylic acids is 2. The molecule has 0 aliphatic carbocycles. The van der Waals surface area contributed by atoms with Crippen molar-refractivity contribution in [2.24, 2.45) is 0 Å².